The van der Waals surface area contributed by atoms with Crippen LogP contribution in [0.5, 0.6) is 0 Å². The first-order valence-corrected chi connectivity index (χ1v) is 8.98. The highest BCUT2D eigenvalue weighted by Crippen LogP contribution is 2.23. The van der Waals surface area contributed by atoms with Crippen molar-refractivity contribution in [1.29, 1.82) is 0 Å². The molecule has 0 aliphatic carbocycles. The molecule has 1 aliphatic rings. The Morgan fingerprint density at radius 3 is 2.85 bits per heavy atom. The van der Waals surface area contributed by atoms with Crippen LogP contribution in [0.25, 0.3) is 0 Å². The second-order valence-electron chi connectivity index (χ2n) is 6.29. The summed E-state index contributed by atoms with van der Waals surface area (Å²) in [4.78, 5) is 18.1. The number of benzene rings is 1. The van der Waals surface area contributed by atoms with Crippen LogP contribution in [0, 0.1) is 17.0 Å². The standard InChI is InChI=1S/C18H21N5O2S/c1-14-5-2-6-15(13-14)20-18(26)22-10-4-9-21(11-12-22)17-16(23(24)25)7-3-8-19-17/h2-3,5-8,13H,4,9-12H2,1H3,(H,20,26)/p+1. The van der Waals surface area contributed by atoms with Crippen LogP contribution in [-0.2, 0) is 0 Å². The monoisotopic (exact) mass is 372 g/mol. The summed E-state index contributed by atoms with van der Waals surface area (Å²) >= 11 is 5.56. The lowest BCUT2D eigenvalue weighted by atomic mass is 10.2. The maximum absolute atomic E-state index is 11.3. The number of aromatic amines is 1. The van der Waals surface area contributed by atoms with Gasteiger partial charge in [-0.2, -0.15) is 0 Å². The number of nitrogens with one attached hydrogen (secondary N) is 2. The first-order valence-electron chi connectivity index (χ1n) is 8.57. The van der Waals surface area contributed by atoms with Crippen molar-refractivity contribution in [2.24, 2.45) is 0 Å². The van der Waals surface area contributed by atoms with Crippen molar-refractivity contribution in [3.63, 3.8) is 0 Å². The van der Waals surface area contributed by atoms with Crippen LogP contribution in [-0.4, -0.2) is 41.1 Å². The number of nitro groups is 1. The predicted molar refractivity (Wildman–Crippen MR) is 105 cm³/mol. The summed E-state index contributed by atoms with van der Waals surface area (Å²) in [7, 11) is 0. The Hall–Kier alpha value is -2.74. The Morgan fingerprint density at radius 2 is 2.08 bits per heavy atom. The number of anilines is 2. The first kappa shape index (κ1) is 18.1. The van der Waals surface area contributed by atoms with E-state index in [0.29, 0.717) is 24.0 Å². The van der Waals surface area contributed by atoms with Gasteiger partial charge in [0.15, 0.2) is 5.11 Å². The summed E-state index contributed by atoms with van der Waals surface area (Å²) in [5.41, 5.74) is 2.25. The van der Waals surface area contributed by atoms with Gasteiger partial charge in [-0.25, -0.2) is 4.98 Å². The molecule has 1 aromatic carbocycles. The third-order valence-electron chi connectivity index (χ3n) is 4.38. The predicted octanol–water partition coefficient (Wildman–Crippen LogP) is 2.63. The highest BCUT2D eigenvalue weighted by atomic mass is 32.1. The fourth-order valence-electron chi connectivity index (χ4n) is 3.09. The zero-order chi connectivity index (χ0) is 18.5. The lowest BCUT2D eigenvalue weighted by Gasteiger charge is -2.23. The van der Waals surface area contributed by atoms with E-state index in [9.17, 15) is 10.1 Å². The molecule has 0 saturated carbocycles. The van der Waals surface area contributed by atoms with E-state index in [1.807, 2.05) is 30.0 Å². The Kier molecular flexibility index (Phi) is 5.62. The molecular weight excluding hydrogens is 350 g/mol. The number of aryl methyl sites for hydroxylation is 1. The molecule has 2 aromatic rings. The first-order chi connectivity index (χ1) is 12.5. The van der Waals surface area contributed by atoms with E-state index >= 15 is 0 Å². The van der Waals surface area contributed by atoms with E-state index in [-0.39, 0.29) is 10.6 Å². The largest absolute Gasteiger partial charge is 0.357 e. The maximum atomic E-state index is 11.3. The van der Waals surface area contributed by atoms with Gasteiger partial charge in [-0.05, 0) is 42.9 Å². The molecule has 1 saturated heterocycles. The minimum absolute atomic E-state index is 0.0985. The van der Waals surface area contributed by atoms with Gasteiger partial charge in [0.25, 0.3) is 0 Å². The van der Waals surface area contributed by atoms with Crippen LogP contribution in [0.4, 0.5) is 17.2 Å². The number of rotatable bonds is 3. The van der Waals surface area contributed by atoms with Gasteiger partial charge in [-0.1, -0.05) is 12.1 Å². The molecular formula is C18H22N5O2S+. The van der Waals surface area contributed by atoms with Gasteiger partial charge in [-0.3, -0.25) is 15.0 Å². The number of H-pyrrole nitrogens is 1. The van der Waals surface area contributed by atoms with Gasteiger partial charge >= 0.3 is 11.5 Å². The van der Waals surface area contributed by atoms with Crippen molar-refractivity contribution in [1.82, 2.24) is 4.90 Å². The fraction of sp³-hybridized carbons (Fsp3) is 0.333. The summed E-state index contributed by atoms with van der Waals surface area (Å²) < 4.78 is 0. The molecule has 0 spiro atoms. The molecule has 0 atom stereocenters. The van der Waals surface area contributed by atoms with Gasteiger partial charge in [-0.15, -0.1) is 0 Å². The van der Waals surface area contributed by atoms with Crippen LogP contribution in [0.3, 0.4) is 0 Å². The number of hydrogen-bond donors (Lipinski definition) is 1. The van der Waals surface area contributed by atoms with Gasteiger partial charge < -0.3 is 10.2 Å². The maximum Gasteiger partial charge on any atom is 0.357 e. The molecule has 0 amide bonds. The molecule has 1 aliphatic heterocycles. The smallest absolute Gasteiger partial charge is 0.345 e. The number of pyridine rings is 1. The second-order valence-corrected chi connectivity index (χ2v) is 6.68. The normalized spacial score (nSPS) is 14.7. The summed E-state index contributed by atoms with van der Waals surface area (Å²) in [6, 6.07) is 11.3. The van der Waals surface area contributed by atoms with Crippen molar-refractivity contribution in [2.75, 3.05) is 36.4 Å². The van der Waals surface area contributed by atoms with E-state index in [1.54, 1.807) is 12.3 Å². The quantitative estimate of drug-likeness (QED) is 0.507. The van der Waals surface area contributed by atoms with Crippen molar-refractivity contribution in [3.8, 4) is 0 Å². The fourth-order valence-corrected chi connectivity index (χ4v) is 3.39. The van der Waals surface area contributed by atoms with E-state index < -0.39 is 0 Å². The summed E-state index contributed by atoms with van der Waals surface area (Å²) in [6.07, 6.45) is 2.59. The van der Waals surface area contributed by atoms with Gasteiger partial charge in [0, 0.05) is 24.7 Å². The van der Waals surface area contributed by atoms with Crippen molar-refractivity contribution >= 4 is 34.5 Å². The molecule has 136 valence electrons. The average Bonchev–Trinajstić information content (AvgIpc) is 2.88. The van der Waals surface area contributed by atoms with E-state index in [2.05, 4.69) is 21.3 Å². The molecule has 2 heterocycles. The van der Waals surface area contributed by atoms with E-state index in [4.69, 9.17) is 12.2 Å². The minimum atomic E-state index is -0.349. The van der Waals surface area contributed by atoms with Gasteiger partial charge in [0.05, 0.1) is 24.2 Å². The van der Waals surface area contributed by atoms with E-state index in [0.717, 1.165) is 25.2 Å². The van der Waals surface area contributed by atoms with Crippen LogP contribution < -0.4 is 15.2 Å². The van der Waals surface area contributed by atoms with Crippen molar-refractivity contribution < 1.29 is 9.91 Å². The van der Waals surface area contributed by atoms with Crippen molar-refractivity contribution in [2.45, 2.75) is 13.3 Å². The average molecular weight is 372 g/mol. The summed E-state index contributed by atoms with van der Waals surface area (Å²) in [5.74, 6) is 0.553. The Balaban J connectivity index is 1.67. The van der Waals surface area contributed by atoms with Crippen molar-refractivity contribution in [3.05, 3.63) is 58.3 Å². The number of nitrogens with zero attached hydrogens (tertiary/aromatic N) is 3. The summed E-state index contributed by atoms with van der Waals surface area (Å²) in [5, 5.41) is 15.2. The minimum Gasteiger partial charge on any atom is -0.345 e. The lowest BCUT2D eigenvalue weighted by Crippen LogP contribution is -2.38. The summed E-state index contributed by atoms with van der Waals surface area (Å²) in [6.45, 7) is 4.97. The number of hydrogen-bond acceptors (Lipinski definition) is 4. The molecule has 7 nitrogen and oxygen atoms in total. The molecule has 1 fully saturated rings. The third kappa shape index (κ3) is 4.26. The Bertz CT molecular complexity index is 814. The second kappa shape index (κ2) is 8.09. The number of thiocarbonyl (C=S) groups is 1. The number of aromatic nitrogens is 1. The third-order valence-corrected chi connectivity index (χ3v) is 4.74. The van der Waals surface area contributed by atoms with Gasteiger partial charge in [0.1, 0.15) is 6.54 Å². The molecule has 2 N–H and O–H groups in total. The highest BCUT2D eigenvalue weighted by Gasteiger charge is 2.29. The Labute approximate surface area is 157 Å². The molecule has 0 radical (unpaired) electrons. The van der Waals surface area contributed by atoms with Crippen LogP contribution in [0.1, 0.15) is 12.0 Å². The SMILES string of the molecule is Cc1cccc(NC(=S)N2CCCN(c3[nH+]cccc3[N+](=O)[O-])CC2)c1. The van der Waals surface area contributed by atoms with Crippen LogP contribution in [0.2, 0.25) is 0 Å². The molecule has 0 unspecified atom stereocenters. The zero-order valence-corrected chi connectivity index (χ0v) is 15.5. The molecule has 0 bridgehead atoms. The van der Waals surface area contributed by atoms with Crippen LogP contribution in [0.15, 0.2) is 42.6 Å². The molecule has 26 heavy (non-hydrogen) atoms. The zero-order valence-electron chi connectivity index (χ0n) is 14.6. The van der Waals surface area contributed by atoms with Crippen LogP contribution >= 0.6 is 12.2 Å². The Morgan fingerprint density at radius 1 is 1.23 bits per heavy atom. The molecule has 3 rings (SSSR count). The topological polar surface area (TPSA) is 75.8 Å². The van der Waals surface area contributed by atoms with E-state index in [1.165, 1.54) is 11.6 Å². The lowest BCUT2D eigenvalue weighted by molar-refractivity contribution is -0.411. The molecule has 8 heteroatoms. The highest BCUT2D eigenvalue weighted by molar-refractivity contribution is 7.80. The molecule has 1 aromatic heterocycles. The van der Waals surface area contributed by atoms with Gasteiger partial charge in [0.2, 0.25) is 0 Å².